The van der Waals surface area contributed by atoms with Crippen LogP contribution in [0.15, 0.2) is 70.9 Å². The number of anilines is 1. The Balaban J connectivity index is 1.41. The Morgan fingerprint density at radius 2 is 1.66 bits per heavy atom. The van der Waals surface area contributed by atoms with Gasteiger partial charge in [-0.25, -0.2) is 8.42 Å². The minimum atomic E-state index is -3.64. The molecule has 1 aliphatic carbocycles. The quantitative estimate of drug-likeness (QED) is 0.369. The summed E-state index contributed by atoms with van der Waals surface area (Å²) in [5, 5.41) is 3.61. The van der Waals surface area contributed by atoms with Crippen molar-refractivity contribution in [3.63, 3.8) is 0 Å². The zero-order chi connectivity index (χ0) is 22.4. The zero-order valence-electron chi connectivity index (χ0n) is 18.6. The van der Waals surface area contributed by atoms with Gasteiger partial charge >= 0.3 is 0 Å². The van der Waals surface area contributed by atoms with Gasteiger partial charge in [0.05, 0.1) is 5.69 Å². The van der Waals surface area contributed by atoms with Crippen molar-refractivity contribution in [3.05, 3.63) is 72.3 Å². The van der Waals surface area contributed by atoms with Crippen LogP contribution < -0.4 is 10.0 Å². The summed E-state index contributed by atoms with van der Waals surface area (Å²) in [4.78, 5) is 0.942. The first kappa shape index (κ1) is 23.0. The number of hydrogen-bond acceptors (Lipinski definition) is 4. The third-order valence-electron chi connectivity index (χ3n) is 6.22. The Bertz CT molecular complexity index is 1100. The maximum Gasteiger partial charge on any atom is 0.271 e. The molecule has 0 amide bonds. The summed E-state index contributed by atoms with van der Waals surface area (Å²) >= 11 is 1.29. The molecule has 0 radical (unpaired) electrons. The second-order valence-corrected chi connectivity index (χ2v) is 11.8. The molecule has 1 saturated carbocycles. The Kier molecular flexibility index (Phi) is 7.66. The number of thiophene rings is 1. The lowest BCUT2D eigenvalue weighted by atomic mass is 9.85. The zero-order valence-corrected chi connectivity index (χ0v) is 20.2. The van der Waals surface area contributed by atoms with E-state index in [2.05, 4.69) is 17.0 Å². The van der Waals surface area contributed by atoms with E-state index in [1.54, 1.807) is 6.07 Å². The summed E-state index contributed by atoms with van der Waals surface area (Å²) in [6.45, 7) is 2.88. The number of para-hydroxylation sites is 1. The second kappa shape index (κ2) is 10.6. The third kappa shape index (κ3) is 6.00. The van der Waals surface area contributed by atoms with Crippen molar-refractivity contribution in [2.45, 2.75) is 62.2 Å². The molecule has 0 spiro atoms. The Hall–Kier alpha value is -2.15. The lowest BCUT2D eigenvalue weighted by Gasteiger charge is -2.25. The molecule has 32 heavy (non-hydrogen) atoms. The molecule has 1 atom stereocenters. The molecule has 2 N–H and O–H groups in total. The van der Waals surface area contributed by atoms with Crippen molar-refractivity contribution in [3.8, 4) is 10.4 Å². The second-order valence-electron chi connectivity index (χ2n) is 8.77. The van der Waals surface area contributed by atoms with Gasteiger partial charge in [0.15, 0.2) is 0 Å². The van der Waals surface area contributed by atoms with Crippen LogP contribution in [0.1, 0.15) is 51.0 Å². The van der Waals surface area contributed by atoms with Crippen molar-refractivity contribution < 1.29 is 8.42 Å². The van der Waals surface area contributed by atoms with E-state index in [1.807, 2.05) is 60.7 Å². The normalized spacial score (nSPS) is 16.0. The van der Waals surface area contributed by atoms with Gasteiger partial charge in [0.25, 0.3) is 10.0 Å². The van der Waals surface area contributed by atoms with E-state index in [0.29, 0.717) is 22.5 Å². The van der Waals surface area contributed by atoms with E-state index in [1.165, 1.54) is 49.9 Å². The maximum absolute atomic E-state index is 13.1. The van der Waals surface area contributed by atoms with Gasteiger partial charge in [-0.05, 0) is 48.6 Å². The molecule has 4 rings (SSSR count). The minimum Gasteiger partial charge on any atom is -0.310 e. The van der Waals surface area contributed by atoms with Gasteiger partial charge in [-0.2, -0.15) is 0 Å². The summed E-state index contributed by atoms with van der Waals surface area (Å²) in [5.41, 5.74) is 2.63. The van der Waals surface area contributed by atoms with Crippen molar-refractivity contribution in [1.82, 2.24) is 5.32 Å². The Morgan fingerprint density at radius 3 is 2.44 bits per heavy atom. The molecule has 0 saturated heterocycles. The molecule has 0 aliphatic heterocycles. The lowest BCUT2D eigenvalue weighted by Crippen LogP contribution is -2.29. The third-order valence-corrected chi connectivity index (χ3v) is 9.21. The predicted molar refractivity (Wildman–Crippen MR) is 134 cm³/mol. The van der Waals surface area contributed by atoms with E-state index in [9.17, 15) is 8.42 Å². The van der Waals surface area contributed by atoms with E-state index < -0.39 is 10.0 Å². The monoisotopic (exact) mass is 468 g/mol. The predicted octanol–water partition coefficient (Wildman–Crippen LogP) is 6.66. The summed E-state index contributed by atoms with van der Waals surface area (Å²) in [6.07, 6.45) is 7.96. The van der Waals surface area contributed by atoms with Crippen LogP contribution in [-0.2, 0) is 16.6 Å². The van der Waals surface area contributed by atoms with Gasteiger partial charge in [-0.15, -0.1) is 11.3 Å². The topological polar surface area (TPSA) is 58.2 Å². The molecule has 4 nitrogen and oxygen atoms in total. The number of sulfonamides is 1. The average molecular weight is 469 g/mol. The number of hydrogen-bond donors (Lipinski definition) is 2. The van der Waals surface area contributed by atoms with E-state index in [4.69, 9.17) is 0 Å². The summed E-state index contributed by atoms with van der Waals surface area (Å²) in [7, 11) is -3.64. The van der Waals surface area contributed by atoms with E-state index in [-0.39, 0.29) is 0 Å². The standard InChI is InChI=1S/C26H32N2O2S2/c1-20(18-21-10-4-2-5-11-21)27-19-23-14-8-9-15-24(23)28-32(29,30)26-17-16-25(31-26)22-12-6-3-7-13-22/h3,6-9,12-17,20-21,27-28H,2,4-5,10-11,18-19H2,1H3/t20-/m0/s1. The molecule has 1 aliphatic rings. The fourth-order valence-electron chi connectivity index (χ4n) is 4.48. The highest BCUT2D eigenvalue weighted by atomic mass is 32.2. The van der Waals surface area contributed by atoms with Gasteiger partial charge in [-0.1, -0.05) is 80.6 Å². The molecular weight excluding hydrogens is 436 g/mol. The van der Waals surface area contributed by atoms with Crippen LogP contribution in [0.5, 0.6) is 0 Å². The number of rotatable bonds is 9. The number of nitrogens with one attached hydrogen (secondary N) is 2. The lowest BCUT2D eigenvalue weighted by molar-refractivity contribution is 0.305. The summed E-state index contributed by atoms with van der Waals surface area (Å²) < 4.78 is 29.3. The molecule has 0 unspecified atom stereocenters. The summed E-state index contributed by atoms with van der Waals surface area (Å²) in [6, 6.07) is 21.5. The SMILES string of the molecule is C[C@@H](CC1CCCCC1)NCc1ccccc1NS(=O)(=O)c1ccc(-c2ccccc2)s1. The molecular formula is C26H32N2O2S2. The van der Waals surface area contributed by atoms with Crippen LogP contribution in [-0.4, -0.2) is 14.5 Å². The average Bonchev–Trinajstić information content (AvgIpc) is 3.31. The van der Waals surface area contributed by atoms with Gasteiger partial charge < -0.3 is 5.32 Å². The molecule has 1 fully saturated rings. The molecule has 0 bridgehead atoms. The maximum atomic E-state index is 13.1. The van der Waals surface area contributed by atoms with Gasteiger partial charge in [0.2, 0.25) is 0 Å². The molecule has 1 heterocycles. The first-order valence-electron chi connectivity index (χ1n) is 11.5. The first-order chi connectivity index (χ1) is 15.5. The van der Waals surface area contributed by atoms with Gasteiger partial charge in [0.1, 0.15) is 4.21 Å². The molecule has 6 heteroatoms. The van der Waals surface area contributed by atoms with Gasteiger partial charge in [0, 0.05) is 17.5 Å². The van der Waals surface area contributed by atoms with Crippen molar-refractivity contribution in [1.29, 1.82) is 0 Å². The van der Waals surface area contributed by atoms with Crippen LogP contribution >= 0.6 is 11.3 Å². The van der Waals surface area contributed by atoms with Crippen LogP contribution in [0.25, 0.3) is 10.4 Å². The molecule has 3 aromatic rings. The van der Waals surface area contributed by atoms with Crippen LogP contribution in [0, 0.1) is 5.92 Å². The van der Waals surface area contributed by atoms with Crippen LogP contribution in [0.2, 0.25) is 0 Å². The Labute approximate surface area is 196 Å². The largest absolute Gasteiger partial charge is 0.310 e. The van der Waals surface area contributed by atoms with E-state index in [0.717, 1.165) is 21.9 Å². The smallest absolute Gasteiger partial charge is 0.271 e. The van der Waals surface area contributed by atoms with Crippen LogP contribution in [0.3, 0.4) is 0 Å². The summed E-state index contributed by atoms with van der Waals surface area (Å²) in [5.74, 6) is 0.817. The molecule has 1 aromatic heterocycles. The number of benzene rings is 2. The van der Waals surface area contributed by atoms with Crippen molar-refractivity contribution in [2.24, 2.45) is 5.92 Å². The first-order valence-corrected chi connectivity index (χ1v) is 13.8. The fraction of sp³-hybridized carbons (Fsp3) is 0.385. The van der Waals surface area contributed by atoms with Crippen molar-refractivity contribution >= 4 is 27.0 Å². The van der Waals surface area contributed by atoms with Crippen LogP contribution in [0.4, 0.5) is 5.69 Å². The highest BCUT2D eigenvalue weighted by Crippen LogP contribution is 2.32. The minimum absolute atomic E-state index is 0.324. The van der Waals surface area contributed by atoms with E-state index >= 15 is 0 Å². The molecule has 170 valence electrons. The Morgan fingerprint density at radius 1 is 0.938 bits per heavy atom. The van der Waals surface area contributed by atoms with Crippen molar-refractivity contribution in [2.75, 3.05) is 4.72 Å². The highest BCUT2D eigenvalue weighted by Gasteiger charge is 2.20. The highest BCUT2D eigenvalue weighted by molar-refractivity contribution is 7.94. The van der Waals surface area contributed by atoms with Gasteiger partial charge in [-0.3, -0.25) is 4.72 Å². The fourth-order valence-corrected chi connectivity index (χ4v) is 6.89. The molecule has 2 aromatic carbocycles.